The monoisotopic (exact) mass is 223 g/mol. The number of aromatic nitrogens is 1. The van der Waals surface area contributed by atoms with Crippen LogP contribution in [0.3, 0.4) is 0 Å². The van der Waals surface area contributed by atoms with Gasteiger partial charge in [0, 0.05) is 19.3 Å². The Hall–Kier alpha value is -1.00. The molecule has 0 saturated carbocycles. The Balaban J connectivity index is 2.04. The van der Waals surface area contributed by atoms with Gasteiger partial charge >= 0.3 is 0 Å². The van der Waals surface area contributed by atoms with Gasteiger partial charge in [-0.2, -0.15) is 0 Å². The van der Waals surface area contributed by atoms with E-state index < -0.39 is 0 Å². The minimum Gasteiger partial charge on any atom is -0.261 e. The third-order valence-electron chi connectivity index (χ3n) is 3.24. The molecule has 1 aliphatic rings. The molecular formula is C12H18FN3. The van der Waals surface area contributed by atoms with E-state index in [4.69, 9.17) is 0 Å². The first-order valence-electron chi connectivity index (χ1n) is 5.82. The van der Waals surface area contributed by atoms with Crippen molar-refractivity contribution in [2.45, 2.75) is 25.2 Å². The van der Waals surface area contributed by atoms with Crippen molar-refractivity contribution in [3.05, 3.63) is 29.8 Å². The fourth-order valence-electron chi connectivity index (χ4n) is 2.30. The summed E-state index contributed by atoms with van der Waals surface area (Å²) in [5.74, 6) is 0.216. The smallest absolute Gasteiger partial charge is 0.141 e. The second-order valence-electron chi connectivity index (χ2n) is 4.27. The highest BCUT2D eigenvalue weighted by atomic mass is 19.1. The van der Waals surface area contributed by atoms with E-state index in [9.17, 15) is 4.39 Å². The molecule has 1 N–H and O–H groups in total. The molecule has 0 aliphatic carbocycles. The van der Waals surface area contributed by atoms with Crippen LogP contribution in [0.4, 0.5) is 4.39 Å². The molecule has 4 heteroatoms. The molecule has 0 unspecified atom stereocenters. The zero-order valence-electron chi connectivity index (χ0n) is 9.62. The van der Waals surface area contributed by atoms with Gasteiger partial charge in [0.2, 0.25) is 0 Å². The summed E-state index contributed by atoms with van der Waals surface area (Å²) in [4.78, 5) is 3.92. The van der Waals surface area contributed by atoms with Crippen molar-refractivity contribution in [2.75, 3.05) is 20.1 Å². The Morgan fingerprint density at radius 2 is 2.25 bits per heavy atom. The van der Waals surface area contributed by atoms with Crippen molar-refractivity contribution in [3.8, 4) is 0 Å². The van der Waals surface area contributed by atoms with Gasteiger partial charge in [-0.15, -0.1) is 0 Å². The lowest BCUT2D eigenvalue weighted by atomic mass is 9.93. The molecule has 16 heavy (non-hydrogen) atoms. The van der Waals surface area contributed by atoms with Crippen LogP contribution in [0.25, 0.3) is 0 Å². The summed E-state index contributed by atoms with van der Waals surface area (Å²) in [6.07, 6.45) is 6.38. The Labute approximate surface area is 95.6 Å². The molecular weight excluding hydrogens is 205 g/mol. The minimum absolute atomic E-state index is 0.229. The quantitative estimate of drug-likeness (QED) is 0.830. The van der Waals surface area contributed by atoms with E-state index in [-0.39, 0.29) is 5.82 Å². The normalized spacial score (nSPS) is 23.0. The molecule has 1 saturated heterocycles. The van der Waals surface area contributed by atoms with Crippen molar-refractivity contribution < 1.29 is 4.39 Å². The first-order chi connectivity index (χ1) is 7.79. The first kappa shape index (κ1) is 11.5. The van der Waals surface area contributed by atoms with Crippen molar-refractivity contribution in [1.29, 1.82) is 0 Å². The van der Waals surface area contributed by atoms with Gasteiger partial charge < -0.3 is 0 Å². The summed E-state index contributed by atoms with van der Waals surface area (Å²) in [6, 6.07) is 1.62. The van der Waals surface area contributed by atoms with Crippen LogP contribution >= 0.6 is 0 Å². The van der Waals surface area contributed by atoms with Crippen LogP contribution in [0.2, 0.25) is 0 Å². The van der Waals surface area contributed by atoms with Crippen LogP contribution in [0.5, 0.6) is 0 Å². The third-order valence-corrected chi connectivity index (χ3v) is 3.24. The molecule has 1 aromatic heterocycles. The number of hydrogen-bond donors (Lipinski definition) is 1. The van der Waals surface area contributed by atoms with Crippen LogP contribution in [0.15, 0.2) is 18.5 Å². The van der Waals surface area contributed by atoms with Crippen LogP contribution < -0.4 is 5.43 Å². The maximum absolute atomic E-state index is 13.1. The predicted octanol–water partition coefficient (Wildman–Crippen LogP) is 1.92. The number of nitrogens with zero attached hydrogens (tertiary/aromatic N) is 2. The molecule has 0 radical (unpaired) electrons. The molecule has 2 rings (SSSR count). The van der Waals surface area contributed by atoms with Gasteiger partial charge in [0.25, 0.3) is 0 Å². The molecule has 0 aromatic carbocycles. The summed E-state index contributed by atoms with van der Waals surface area (Å²) < 4.78 is 13.1. The largest absolute Gasteiger partial charge is 0.261 e. The second kappa shape index (κ2) is 5.37. The van der Waals surface area contributed by atoms with E-state index in [0.717, 1.165) is 37.9 Å². The molecule has 1 atom stereocenters. The first-order valence-corrected chi connectivity index (χ1v) is 5.82. The molecule has 0 bridgehead atoms. The summed E-state index contributed by atoms with van der Waals surface area (Å²) in [6.45, 7) is 2.08. The van der Waals surface area contributed by atoms with Gasteiger partial charge in [-0.25, -0.2) is 9.40 Å². The van der Waals surface area contributed by atoms with Crippen molar-refractivity contribution >= 4 is 0 Å². The van der Waals surface area contributed by atoms with Crippen molar-refractivity contribution in [3.63, 3.8) is 0 Å². The van der Waals surface area contributed by atoms with Crippen LogP contribution in [-0.2, 0) is 0 Å². The second-order valence-corrected chi connectivity index (χ2v) is 4.27. The highest BCUT2D eigenvalue weighted by molar-refractivity contribution is 5.16. The van der Waals surface area contributed by atoms with Crippen LogP contribution in [0, 0.1) is 5.82 Å². The summed E-state index contributed by atoms with van der Waals surface area (Å²) in [7, 11) is 1.95. The maximum Gasteiger partial charge on any atom is 0.141 e. The van der Waals surface area contributed by atoms with E-state index in [1.54, 1.807) is 12.3 Å². The zero-order chi connectivity index (χ0) is 11.4. The Kier molecular flexibility index (Phi) is 3.85. The van der Waals surface area contributed by atoms with E-state index in [1.807, 2.05) is 7.05 Å². The van der Waals surface area contributed by atoms with Crippen molar-refractivity contribution in [1.82, 2.24) is 15.4 Å². The fourth-order valence-corrected chi connectivity index (χ4v) is 2.30. The minimum atomic E-state index is -0.229. The predicted molar refractivity (Wildman–Crippen MR) is 61.4 cm³/mol. The number of rotatable bonds is 2. The standard InChI is InChI=1S/C12H18FN3/c1-14-16-5-2-3-10(4-6-16)11-7-12(13)9-15-8-11/h7-10,14H,2-6H2,1H3/t10-/m1/s1. The van der Waals surface area contributed by atoms with E-state index in [0.29, 0.717) is 5.92 Å². The number of nitrogens with one attached hydrogen (secondary N) is 1. The molecule has 0 amide bonds. The Morgan fingerprint density at radius 3 is 3.00 bits per heavy atom. The molecule has 1 aliphatic heterocycles. The number of pyridine rings is 1. The average molecular weight is 223 g/mol. The van der Waals surface area contributed by atoms with E-state index >= 15 is 0 Å². The van der Waals surface area contributed by atoms with Crippen LogP contribution in [0.1, 0.15) is 30.7 Å². The summed E-state index contributed by atoms with van der Waals surface area (Å²) in [5, 5.41) is 2.22. The van der Waals surface area contributed by atoms with Crippen molar-refractivity contribution in [2.24, 2.45) is 0 Å². The third kappa shape index (κ3) is 2.77. The van der Waals surface area contributed by atoms with Gasteiger partial charge in [-0.3, -0.25) is 10.4 Å². The molecule has 0 spiro atoms. The maximum atomic E-state index is 13.1. The van der Waals surface area contributed by atoms with Crippen LogP contribution in [-0.4, -0.2) is 30.1 Å². The Morgan fingerprint density at radius 1 is 1.38 bits per heavy atom. The number of hydrazine groups is 1. The van der Waals surface area contributed by atoms with Gasteiger partial charge in [0.05, 0.1) is 6.20 Å². The average Bonchev–Trinajstić information content (AvgIpc) is 2.54. The lowest BCUT2D eigenvalue weighted by Crippen LogP contribution is -2.35. The summed E-state index contributed by atoms with van der Waals surface area (Å²) in [5.41, 5.74) is 4.21. The lowest BCUT2D eigenvalue weighted by Gasteiger charge is -2.18. The summed E-state index contributed by atoms with van der Waals surface area (Å²) >= 11 is 0. The van der Waals surface area contributed by atoms with Gasteiger partial charge in [0.15, 0.2) is 0 Å². The number of halogens is 1. The van der Waals surface area contributed by atoms with E-state index in [1.165, 1.54) is 6.20 Å². The van der Waals surface area contributed by atoms with E-state index in [2.05, 4.69) is 15.4 Å². The molecule has 1 fully saturated rings. The van der Waals surface area contributed by atoms with Gasteiger partial charge in [-0.1, -0.05) is 0 Å². The highest BCUT2D eigenvalue weighted by Gasteiger charge is 2.18. The fraction of sp³-hybridized carbons (Fsp3) is 0.583. The number of hydrogen-bond acceptors (Lipinski definition) is 3. The topological polar surface area (TPSA) is 28.2 Å². The SMILES string of the molecule is CNN1CCC[C@@H](c2cncc(F)c2)CC1. The molecule has 2 heterocycles. The Bertz CT molecular complexity index is 343. The lowest BCUT2D eigenvalue weighted by molar-refractivity contribution is 0.216. The van der Waals surface area contributed by atoms with Gasteiger partial charge in [0.1, 0.15) is 5.82 Å². The molecule has 88 valence electrons. The zero-order valence-corrected chi connectivity index (χ0v) is 9.62. The van der Waals surface area contributed by atoms with Gasteiger partial charge in [-0.05, 0) is 43.9 Å². The molecule has 3 nitrogen and oxygen atoms in total. The molecule has 1 aromatic rings. The highest BCUT2D eigenvalue weighted by Crippen LogP contribution is 2.27.